The second kappa shape index (κ2) is 17.8. The monoisotopic (exact) mass is 993 g/mol. The molecule has 15 rings (SSSR count). The predicted octanol–water partition coefficient (Wildman–Crippen LogP) is 19.0. The molecule has 352 valence electrons. The van der Waals surface area contributed by atoms with Crippen LogP contribution >= 0.6 is 22.7 Å². The Hall–Kier alpha value is -9.07. The highest BCUT2D eigenvalue weighted by atomic mass is 32.1. The molecule has 14 aromatic rings. The number of nitrogens with zero attached hydrogens (tertiary/aromatic N) is 3. The highest BCUT2D eigenvalue weighted by molar-refractivity contribution is 7.26. The molecule has 0 saturated carbocycles. The zero-order valence-corrected chi connectivity index (χ0v) is 42.1. The van der Waals surface area contributed by atoms with Crippen LogP contribution in [0, 0.1) is 0 Å². The molecule has 0 aliphatic carbocycles. The minimum absolute atomic E-state index is 0.634. The maximum Gasteiger partial charge on any atom is 0.165 e. The minimum atomic E-state index is 0.634. The van der Waals surface area contributed by atoms with E-state index in [-0.39, 0.29) is 0 Å². The van der Waals surface area contributed by atoms with Crippen molar-refractivity contribution < 1.29 is 4.74 Å². The Bertz CT molecular complexity index is 4450. The van der Waals surface area contributed by atoms with Gasteiger partial charge in [-0.2, -0.15) is 0 Å². The Kier molecular flexibility index (Phi) is 10.4. The van der Waals surface area contributed by atoms with Crippen molar-refractivity contribution >= 4 is 73.8 Å². The second-order valence-electron chi connectivity index (χ2n) is 19.4. The molecule has 4 nitrogen and oxygen atoms in total. The maximum absolute atomic E-state index is 6.87. The van der Waals surface area contributed by atoms with E-state index in [1.165, 1.54) is 84.5 Å². The smallest absolute Gasteiger partial charge is 0.165 e. The van der Waals surface area contributed by atoms with Crippen molar-refractivity contribution in [1.82, 2.24) is 15.0 Å². The Labute approximate surface area is 441 Å². The lowest BCUT2D eigenvalue weighted by Crippen LogP contribution is -2.00. The van der Waals surface area contributed by atoms with Crippen molar-refractivity contribution in [3.05, 3.63) is 259 Å². The summed E-state index contributed by atoms with van der Waals surface area (Å²) < 4.78 is 11.7. The van der Waals surface area contributed by atoms with Crippen LogP contribution in [0.2, 0.25) is 0 Å². The Morgan fingerprint density at radius 2 is 0.773 bits per heavy atom. The first-order valence-electron chi connectivity index (χ1n) is 25.4. The largest absolute Gasteiger partial charge is 0.457 e. The lowest BCUT2D eigenvalue weighted by Gasteiger charge is -2.21. The van der Waals surface area contributed by atoms with Gasteiger partial charge in [0.05, 0.1) is 0 Å². The van der Waals surface area contributed by atoms with E-state index in [4.69, 9.17) is 19.7 Å². The number of benzene rings is 11. The number of para-hydroxylation sites is 2. The average Bonchev–Trinajstić information content (AvgIpc) is 4.05. The highest BCUT2D eigenvalue weighted by Crippen LogP contribution is 2.46. The van der Waals surface area contributed by atoms with Gasteiger partial charge in [0.15, 0.2) is 17.5 Å². The van der Waals surface area contributed by atoms with Crippen molar-refractivity contribution in [3.63, 3.8) is 0 Å². The molecule has 0 amide bonds. The fraction of sp³-hybridized carbons (Fsp3) is 0.0290. The molecule has 75 heavy (non-hydrogen) atoms. The molecule has 1 aliphatic heterocycles. The van der Waals surface area contributed by atoms with Crippen LogP contribution in [-0.4, -0.2) is 15.0 Å². The van der Waals surface area contributed by atoms with Crippen molar-refractivity contribution in [2.75, 3.05) is 0 Å². The third-order valence-corrected chi connectivity index (χ3v) is 17.4. The van der Waals surface area contributed by atoms with Gasteiger partial charge in [0.2, 0.25) is 0 Å². The summed E-state index contributed by atoms with van der Waals surface area (Å²) in [6.07, 6.45) is 1.40. The summed E-state index contributed by atoms with van der Waals surface area (Å²) in [5.41, 5.74) is 14.8. The Balaban J connectivity index is 0.887. The summed E-state index contributed by atoms with van der Waals surface area (Å²) >= 11 is 3.58. The standard InChI is InChI=1S/C69H43N3OS2/c1-4-20-50-43(15-1)18-11-23-52(50)55-24-12-19-48-40-46-16-2-7-29-60(46)73-61-30-8-3-17-47(61)41-49-39-45(37-38-51(49)64(48)55)42-33-35-44(36-34-42)67-70-68(58-27-13-25-56-53-21-5-9-31-62(53)74-65(56)58)72-69(71-67)59-28-14-26-57-54-22-6-10-32-63(54)75-66(57)59/h1-39H,40-41H2. The van der Waals surface area contributed by atoms with Gasteiger partial charge in [0.1, 0.15) is 11.5 Å². The summed E-state index contributed by atoms with van der Waals surface area (Å²) in [5, 5.41) is 7.36. The second-order valence-corrected chi connectivity index (χ2v) is 21.5. The van der Waals surface area contributed by atoms with E-state index in [1.807, 2.05) is 0 Å². The fourth-order valence-electron chi connectivity index (χ4n) is 11.3. The zero-order valence-electron chi connectivity index (χ0n) is 40.5. The van der Waals surface area contributed by atoms with E-state index in [2.05, 4.69) is 237 Å². The maximum atomic E-state index is 6.87. The molecular weight excluding hydrogens is 951 g/mol. The van der Waals surface area contributed by atoms with E-state index in [0.29, 0.717) is 30.3 Å². The van der Waals surface area contributed by atoms with Crippen LogP contribution < -0.4 is 4.74 Å². The van der Waals surface area contributed by atoms with Gasteiger partial charge >= 0.3 is 0 Å². The van der Waals surface area contributed by atoms with Crippen molar-refractivity contribution in [1.29, 1.82) is 0 Å². The molecule has 0 spiro atoms. The molecule has 1 aliphatic rings. The molecule has 0 bridgehead atoms. The van der Waals surface area contributed by atoms with Crippen LogP contribution in [0.5, 0.6) is 11.5 Å². The normalized spacial score (nSPS) is 12.3. The van der Waals surface area contributed by atoms with Crippen molar-refractivity contribution in [3.8, 4) is 79.0 Å². The summed E-state index contributed by atoms with van der Waals surface area (Å²) in [4.78, 5) is 16.0. The van der Waals surface area contributed by atoms with Crippen molar-refractivity contribution in [2.45, 2.75) is 12.8 Å². The number of ether oxygens (including phenoxy) is 1. The van der Waals surface area contributed by atoms with E-state index >= 15 is 0 Å². The summed E-state index contributed by atoms with van der Waals surface area (Å²) in [7, 11) is 0. The van der Waals surface area contributed by atoms with Crippen LogP contribution in [0.15, 0.2) is 237 Å². The van der Waals surface area contributed by atoms with E-state index in [1.54, 1.807) is 22.7 Å². The Morgan fingerprint density at radius 1 is 0.307 bits per heavy atom. The molecule has 0 radical (unpaired) electrons. The summed E-state index contributed by atoms with van der Waals surface area (Å²) in [5.74, 6) is 3.71. The van der Waals surface area contributed by atoms with Crippen molar-refractivity contribution in [2.24, 2.45) is 0 Å². The van der Waals surface area contributed by atoms with Crippen LogP contribution in [0.1, 0.15) is 22.3 Å². The molecule has 4 heterocycles. The topological polar surface area (TPSA) is 47.9 Å². The third kappa shape index (κ3) is 7.52. The van der Waals surface area contributed by atoms with E-state index in [0.717, 1.165) is 50.4 Å². The van der Waals surface area contributed by atoms with Crippen LogP contribution in [0.3, 0.4) is 0 Å². The van der Waals surface area contributed by atoms with E-state index < -0.39 is 0 Å². The van der Waals surface area contributed by atoms with Gasteiger partial charge in [-0.05, 0) is 103 Å². The SMILES string of the molecule is c1ccc2c(c1)Cc1cc(-c3ccc(-c4nc(-c5cccc6c5sc5ccccc56)nc(-c5cccc6c5sc5ccccc56)n4)cc3)ccc1-c1c(cccc1-c1cccc3ccccc13)Cc1ccccc1O2. The van der Waals surface area contributed by atoms with Gasteiger partial charge in [0, 0.05) is 69.9 Å². The number of hydrogen-bond acceptors (Lipinski definition) is 6. The molecule has 11 aromatic carbocycles. The predicted molar refractivity (Wildman–Crippen MR) is 314 cm³/mol. The number of hydrogen-bond donors (Lipinski definition) is 0. The summed E-state index contributed by atoms with van der Waals surface area (Å²) in [6, 6.07) is 85.2. The van der Waals surface area contributed by atoms with Crippen LogP contribution in [0.4, 0.5) is 0 Å². The average molecular weight is 994 g/mol. The zero-order chi connectivity index (χ0) is 49.4. The first-order valence-corrected chi connectivity index (χ1v) is 27.0. The summed E-state index contributed by atoms with van der Waals surface area (Å²) in [6.45, 7) is 0. The molecule has 0 unspecified atom stereocenters. The van der Waals surface area contributed by atoms with Crippen LogP contribution in [0.25, 0.3) is 119 Å². The number of rotatable bonds is 5. The quantitative estimate of drug-likeness (QED) is 0.172. The molecule has 6 heteroatoms. The molecular formula is C69H43N3OS2. The fourth-order valence-corrected chi connectivity index (χ4v) is 13.8. The van der Waals surface area contributed by atoms with Gasteiger partial charge in [-0.3, -0.25) is 0 Å². The lowest BCUT2D eigenvalue weighted by molar-refractivity contribution is 0.472. The van der Waals surface area contributed by atoms with Gasteiger partial charge < -0.3 is 4.74 Å². The molecule has 0 saturated heterocycles. The third-order valence-electron chi connectivity index (χ3n) is 14.9. The van der Waals surface area contributed by atoms with Gasteiger partial charge in [-0.25, -0.2) is 15.0 Å². The molecule has 0 N–H and O–H groups in total. The number of aromatic nitrogens is 3. The number of fused-ring (bicyclic) bond motifs is 12. The van der Waals surface area contributed by atoms with Gasteiger partial charge in [-0.1, -0.05) is 200 Å². The van der Waals surface area contributed by atoms with Gasteiger partial charge in [-0.15, -0.1) is 22.7 Å². The number of thiophene rings is 2. The minimum Gasteiger partial charge on any atom is -0.457 e. The Morgan fingerprint density at radius 3 is 1.45 bits per heavy atom. The lowest BCUT2D eigenvalue weighted by atomic mass is 9.83. The first-order chi connectivity index (χ1) is 37.1. The molecule has 0 atom stereocenters. The van der Waals surface area contributed by atoms with Gasteiger partial charge in [0.25, 0.3) is 0 Å². The van der Waals surface area contributed by atoms with Crippen LogP contribution in [-0.2, 0) is 12.8 Å². The molecule has 0 fully saturated rings. The molecule has 3 aromatic heterocycles. The highest BCUT2D eigenvalue weighted by Gasteiger charge is 2.23. The first kappa shape index (κ1) is 43.5. The van der Waals surface area contributed by atoms with E-state index in [9.17, 15) is 0 Å².